The summed E-state index contributed by atoms with van der Waals surface area (Å²) in [6, 6.07) is 7.45. The van der Waals surface area contributed by atoms with Crippen LogP contribution in [0.2, 0.25) is 0 Å². The first-order valence-corrected chi connectivity index (χ1v) is 8.81. The maximum absolute atomic E-state index is 13.2. The van der Waals surface area contributed by atoms with E-state index in [1.165, 1.54) is 6.07 Å². The van der Waals surface area contributed by atoms with Crippen LogP contribution in [0.4, 0.5) is 8.78 Å². The molecule has 1 heterocycles. The highest BCUT2D eigenvalue weighted by atomic mass is 19.2. The number of hydrogen-bond acceptors (Lipinski definition) is 3. The normalized spacial score (nSPS) is 20.3. The number of carbonyl (C=O) groups excluding carboxylic acids is 1. The summed E-state index contributed by atoms with van der Waals surface area (Å²) in [7, 11) is 0. The maximum Gasteiger partial charge on any atom is 0.220 e. The maximum atomic E-state index is 13.2. The fourth-order valence-electron chi connectivity index (χ4n) is 3.30. The number of aryl methyl sites for hydroxylation is 1. The SMILES string of the molecule is O=C(CCc1ccc(F)c(F)c1)NC(Cc1ccncc1)C1CC(O)C1. The van der Waals surface area contributed by atoms with Gasteiger partial charge in [0.1, 0.15) is 0 Å². The highest BCUT2D eigenvalue weighted by Gasteiger charge is 2.34. The molecule has 0 radical (unpaired) electrons. The van der Waals surface area contributed by atoms with Crippen molar-refractivity contribution in [3.8, 4) is 0 Å². The van der Waals surface area contributed by atoms with E-state index in [1.54, 1.807) is 12.4 Å². The van der Waals surface area contributed by atoms with E-state index in [1.807, 2.05) is 12.1 Å². The number of nitrogens with one attached hydrogen (secondary N) is 1. The number of amides is 1. The van der Waals surface area contributed by atoms with Gasteiger partial charge in [0.25, 0.3) is 0 Å². The van der Waals surface area contributed by atoms with E-state index in [4.69, 9.17) is 0 Å². The number of aliphatic hydroxyl groups is 1. The fraction of sp³-hybridized carbons (Fsp3) is 0.400. The van der Waals surface area contributed by atoms with Crippen molar-refractivity contribution < 1.29 is 18.7 Å². The van der Waals surface area contributed by atoms with Crippen LogP contribution in [0.3, 0.4) is 0 Å². The van der Waals surface area contributed by atoms with Crippen molar-refractivity contribution in [3.63, 3.8) is 0 Å². The third-order valence-electron chi connectivity index (χ3n) is 4.89. The molecule has 0 spiro atoms. The van der Waals surface area contributed by atoms with Gasteiger partial charge in [-0.2, -0.15) is 0 Å². The molecule has 2 aromatic rings. The molecule has 1 aliphatic rings. The molecule has 0 bridgehead atoms. The van der Waals surface area contributed by atoms with Gasteiger partial charge in [-0.1, -0.05) is 6.07 Å². The highest BCUT2D eigenvalue weighted by molar-refractivity contribution is 5.76. The van der Waals surface area contributed by atoms with Crippen molar-refractivity contribution in [2.75, 3.05) is 0 Å². The average molecular weight is 360 g/mol. The van der Waals surface area contributed by atoms with Crippen LogP contribution in [0.5, 0.6) is 0 Å². The Morgan fingerprint density at radius 2 is 1.88 bits per heavy atom. The fourth-order valence-corrected chi connectivity index (χ4v) is 3.30. The number of pyridine rings is 1. The van der Waals surface area contributed by atoms with E-state index in [2.05, 4.69) is 10.3 Å². The summed E-state index contributed by atoms with van der Waals surface area (Å²) < 4.78 is 26.2. The summed E-state index contributed by atoms with van der Waals surface area (Å²) in [4.78, 5) is 16.3. The molecule has 1 aromatic carbocycles. The summed E-state index contributed by atoms with van der Waals surface area (Å²) >= 11 is 0. The molecule has 0 saturated heterocycles. The van der Waals surface area contributed by atoms with Crippen LogP contribution in [0.15, 0.2) is 42.7 Å². The summed E-state index contributed by atoms with van der Waals surface area (Å²) in [5, 5.41) is 12.6. The topological polar surface area (TPSA) is 62.2 Å². The van der Waals surface area contributed by atoms with E-state index in [9.17, 15) is 18.7 Å². The van der Waals surface area contributed by atoms with Gasteiger partial charge in [0.15, 0.2) is 11.6 Å². The highest BCUT2D eigenvalue weighted by Crippen LogP contribution is 2.31. The predicted molar refractivity (Wildman–Crippen MR) is 93.3 cm³/mol. The predicted octanol–water partition coefficient (Wildman–Crippen LogP) is 2.79. The van der Waals surface area contributed by atoms with E-state index < -0.39 is 11.6 Å². The van der Waals surface area contributed by atoms with Gasteiger partial charge in [-0.15, -0.1) is 0 Å². The quantitative estimate of drug-likeness (QED) is 0.798. The third kappa shape index (κ3) is 4.85. The minimum absolute atomic E-state index is 0.0572. The molecule has 1 atom stereocenters. The molecule has 138 valence electrons. The molecular formula is C20H22F2N2O2. The van der Waals surface area contributed by atoms with Gasteiger partial charge in [-0.3, -0.25) is 9.78 Å². The Morgan fingerprint density at radius 1 is 1.15 bits per heavy atom. The van der Waals surface area contributed by atoms with Crippen LogP contribution in [-0.4, -0.2) is 28.1 Å². The monoisotopic (exact) mass is 360 g/mol. The Hall–Kier alpha value is -2.34. The van der Waals surface area contributed by atoms with Crippen LogP contribution in [0.25, 0.3) is 0 Å². The molecule has 1 amide bonds. The van der Waals surface area contributed by atoms with Gasteiger partial charge >= 0.3 is 0 Å². The van der Waals surface area contributed by atoms with Crippen LogP contribution < -0.4 is 5.32 Å². The second kappa shape index (κ2) is 8.36. The van der Waals surface area contributed by atoms with Crippen LogP contribution >= 0.6 is 0 Å². The van der Waals surface area contributed by atoms with Gasteiger partial charge in [0, 0.05) is 24.9 Å². The Bertz CT molecular complexity index is 749. The lowest BCUT2D eigenvalue weighted by Gasteiger charge is -2.38. The summed E-state index contributed by atoms with van der Waals surface area (Å²) in [5.41, 5.74) is 1.66. The standard InChI is InChI=1S/C20H22F2N2O2/c21-17-3-1-13(9-18(17)22)2-4-20(26)24-19(15-11-16(25)12-15)10-14-5-7-23-8-6-14/h1,3,5-9,15-16,19,25H,2,4,10-12H2,(H,24,26). The first-order chi connectivity index (χ1) is 12.5. The minimum Gasteiger partial charge on any atom is -0.393 e. The van der Waals surface area contributed by atoms with E-state index in [0.29, 0.717) is 31.2 Å². The van der Waals surface area contributed by atoms with Crippen molar-refractivity contribution in [2.24, 2.45) is 5.92 Å². The zero-order chi connectivity index (χ0) is 18.5. The van der Waals surface area contributed by atoms with Crippen LogP contribution in [-0.2, 0) is 17.6 Å². The zero-order valence-electron chi connectivity index (χ0n) is 14.4. The van der Waals surface area contributed by atoms with Gasteiger partial charge in [0.05, 0.1) is 6.10 Å². The number of hydrogen-bond donors (Lipinski definition) is 2. The molecule has 4 nitrogen and oxygen atoms in total. The lowest BCUT2D eigenvalue weighted by Crippen LogP contribution is -2.48. The Balaban J connectivity index is 1.56. The minimum atomic E-state index is -0.901. The lowest BCUT2D eigenvalue weighted by atomic mass is 9.75. The van der Waals surface area contributed by atoms with E-state index in [-0.39, 0.29) is 30.4 Å². The van der Waals surface area contributed by atoms with Crippen LogP contribution in [0, 0.1) is 17.6 Å². The van der Waals surface area contributed by atoms with Gasteiger partial charge in [-0.05, 0) is 67.0 Å². The molecule has 2 N–H and O–H groups in total. The van der Waals surface area contributed by atoms with Crippen molar-refractivity contribution in [1.29, 1.82) is 0 Å². The number of nitrogens with zero attached hydrogens (tertiary/aromatic N) is 1. The lowest BCUT2D eigenvalue weighted by molar-refractivity contribution is -0.122. The van der Waals surface area contributed by atoms with Crippen molar-refractivity contribution in [1.82, 2.24) is 10.3 Å². The Kier molecular flexibility index (Phi) is 5.93. The van der Waals surface area contributed by atoms with E-state index >= 15 is 0 Å². The second-order valence-electron chi connectivity index (χ2n) is 6.87. The first-order valence-electron chi connectivity index (χ1n) is 8.81. The Labute approximate surface area is 151 Å². The molecule has 1 unspecified atom stereocenters. The van der Waals surface area contributed by atoms with Crippen molar-refractivity contribution >= 4 is 5.91 Å². The molecule has 1 fully saturated rings. The molecule has 26 heavy (non-hydrogen) atoms. The van der Waals surface area contributed by atoms with E-state index in [0.717, 1.165) is 17.7 Å². The van der Waals surface area contributed by atoms with Crippen molar-refractivity contribution in [3.05, 3.63) is 65.5 Å². The number of benzene rings is 1. The number of halogens is 2. The largest absolute Gasteiger partial charge is 0.393 e. The summed E-state index contributed by atoms with van der Waals surface area (Å²) in [6.07, 6.45) is 5.72. The summed E-state index contributed by atoms with van der Waals surface area (Å²) in [5.74, 6) is -1.68. The number of carbonyl (C=O) groups is 1. The number of aliphatic hydroxyl groups excluding tert-OH is 1. The Morgan fingerprint density at radius 3 is 2.54 bits per heavy atom. The second-order valence-corrected chi connectivity index (χ2v) is 6.87. The molecule has 3 rings (SSSR count). The third-order valence-corrected chi connectivity index (χ3v) is 4.89. The molecule has 6 heteroatoms. The number of rotatable bonds is 7. The summed E-state index contributed by atoms with van der Waals surface area (Å²) in [6.45, 7) is 0. The van der Waals surface area contributed by atoms with Crippen LogP contribution in [0.1, 0.15) is 30.4 Å². The molecule has 1 aliphatic carbocycles. The van der Waals surface area contributed by atoms with Gasteiger partial charge in [-0.25, -0.2) is 8.78 Å². The first kappa shape index (κ1) is 18.5. The van der Waals surface area contributed by atoms with Crippen molar-refractivity contribution in [2.45, 2.75) is 44.2 Å². The zero-order valence-corrected chi connectivity index (χ0v) is 14.4. The van der Waals surface area contributed by atoms with Gasteiger partial charge in [0.2, 0.25) is 5.91 Å². The molecular weight excluding hydrogens is 338 g/mol. The molecule has 1 aromatic heterocycles. The average Bonchev–Trinajstić information content (AvgIpc) is 2.60. The smallest absolute Gasteiger partial charge is 0.220 e. The number of aromatic nitrogens is 1. The molecule has 0 aliphatic heterocycles. The molecule has 1 saturated carbocycles. The van der Waals surface area contributed by atoms with Gasteiger partial charge < -0.3 is 10.4 Å².